The SMILES string of the molecule is CCCCCCCCCCCCCCCCCCCCCCC/C=C/C(O)C(CO)NC(=O)CCCCCCCCCCCCCCCCCCC/C=C\CCCCCCCCCCCCCCCCCCOC(=O)CCCCCCCCCCCCCCCCCC. The zero-order valence-electron chi connectivity index (χ0n) is 63.5. The van der Waals surface area contributed by atoms with E-state index in [2.05, 4.69) is 31.3 Å². The maximum atomic E-state index is 12.6. The van der Waals surface area contributed by atoms with Gasteiger partial charge in [-0.15, -0.1) is 0 Å². The van der Waals surface area contributed by atoms with Crippen molar-refractivity contribution in [3.05, 3.63) is 24.3 Å². The van der Waals surface area contributed by atoms with Crippen molar-refractivity contribution in [3.63, 3.8) is 0 Å². The van der Waals surface area contributed by atoms with Gasteiger partial charge in [0.2, 0.25) is 5.91 Å². The predicted octanol–water partition coefficient (Wildman–Crippen LogP) is 28.8. The molecule has 3 N–H and O–H groups in total. The number of unbranched alkanes of at least 4 members (excludes halogenated alkanes) is 69. The van der Waals surface area contributed by atoms with Crippen LogP contribution >= 0.6 is 0 Å². The number of ether oxygens (including phenoxy) is 1. The molecule has 2 atom stereocenters. The van der Waals surface area contributed by atoms with Crippen molar-refractivity contribution in [1.29, 1.82) is 0 Å². The summed E-state index contributed by atoms with van der Waals surface area (Å²) in [5.41, 5.74) is 0. The van der Waals surface area contributed by atoms with Gasteiger partial charge in [0.15, 0.2) is 0 Å². The molecule has 0 aromatic carbocycles. The molecule has 6 heteroatoms. The lowest BCUT2D eigenvalue weighted by Gasteiger charge is -2.20. The zero-order valence-corrected chi connectivity index (χ0v) is 63.5. The summed E-state index contributed by atoms with van der Waals surface area (Å²) < 4.78 is 5.51. The minimum absolute atomic E-state index is 0.0259. The Morgan fingerprint density at radius 3 is 0.763 bits per heavy atom. The van der Waals surface area contributed by atoms with Crippen LogP contribution in [0.2, 0.25) is 0 Å². The van der Waals surface area contributed by atoms with Crippen molar-refractivity contribution in [2.45, 2.75) is 508 Å². The molecule has 93 heavy (non-hydrogen) atoms. The molecule has 2 unspecified atom stereocenters. The molecule has 0 radical (unpaired) electrons. The van der Waals surface area contributed by atoms with Crippen LogP contribution in [-0.4, -0.2) is 47.4 Å². The first-order chi connectivity index (χ1) is 46.0. The molecule has 0 aliphatic carbocycles. The molecule has 0 aromatic rings. The van der Waals surface area contributed by atoms with Crippen LogP contribution in [0.4, 0.5) is 0 Å². The van der Waals surface area contributed by atoms with Crippen LogP contribution in [0.3, 0.4) is 0 Å². The van der Waals surface area contributed by atoms with Crippen LogP contribution in [-0.2, 0) is 14.3 Å². The fraction of sp³-hybridized carbons (Fsp3) is 0.931. The second-order valence-corrected chi connectivity index (χ2v) is 29.9. The van der Waals surface area contributed by atoms with Gasteiger partial charge in [-0.05, 0) is 57.8 Å². The first kappa shape index (κ1) is 91.3. The number of hydrogen-bond donors (Lipinski definition) is 3. The highest BCUT2D eigenvalue weighted by Crippen LogP contribution is 2.21. The molecule has 552 valence electrons. The highest BCUT2D eigenvalue weighted by Gasteiger charge is 2.18. The molecule has 6 nitrogen and oxygen atoms in total. The van der Waals surface area contributed by atoms with E-state index in [1.165, 1.54) is 430 Å². The van der Waals surface area contributed by atoms with Crippen LogP contribution < -0.4 is 5.32 Å². The van der Waals surface area contributed by atoms with Gasteiger partial charge in [-0.1, -0.05) is 449 Å². The fourth-order valence-electron chi connectivity index (χ4n) is 13.9. The summed E-state index contributed by atoms with van der Waals surface area (Å²) in [6, 6.07) is -0.626. The fourth-order valence-corrected chi connectivity index (χ4v) is 13.9. The Kier molecular flexibility index (Phi) is 81.3. The van der Waals surface area contributed by atoms with E-state index in [0.29, 0.717) is 19.4 Å². The third-order valence-corrected chi connectivity index (χ3v) is 20.5. The van der Waals surface area contributed by atoms with Gasteiger partial charge in [-0.25, -0.2) is 0 Å². The van der Waals surface area contributed by atoms with E-state index in [1.807, 2.05) is 6.08 Å². The highest BCUT2D eigenvalue weighted by molar-refractivity contribution is 5.76. The smallest absolute Gasteiger partial charge is 0.305 e. The minimum Gasteiger partial charge on any atom is -0.466 e. The number of allylic oxidation sites excluding steroid dienone is 3. The lowest BCUT2D eigenvalue weighted by molar-refractivity contribution is -0.143. The Balaban J connectivity index is 3.34. The van der Waals surface area contributed by atoms with Crippen LogP contribution in [0, 0.1) is 0 Å². The average molecular weight is 1310 g/mol. The van der Waals surface area contributed by atoms with Gasteiger partial charge in [-0.2, -0.15) is 0 Å². The number of amides is 1. The molecule has 1 amide bonds. The van der Waals surface area contributed by atoms with Gasteiger partial charge in [0.05, 0.1) is 25.4 Å². The van der Waals surface area contributed by atoms with Crippen LogP contribution in [0.5, 0.6) is 0 Å². The Bertz CT molecular complexity index is 1460. The van der Waals surface area contributed by atoms with Crippen LogP contribution in [0.1, 0.15) is 495 Å². The van der Waals surface area contributed by atoms with Gasteiger partial charge in [0.1, 0.15) is 0 Å². The zero-order chi connectivity index (χ0) is 67.0. The number of esters is 1. The summed E-state index contributed by atoms with van der Waals surface area (Å²) >= 11 is 0. The minimum atomic E-state index is -0.843. The summed E-state index contributed by atoms with van der Waals surface area (Å²) in [5.74, 6) is -0.0324. The van der Waals surface area contributed by atoms with Gasteiger partial charge >= 0.3 is 5.97 Å². The van der Waals surface area contributed by atoms with E-state index in [0.717, 1.165) is 38.5 Å². The Morgan fingerprint density at radius 1 is 0.290 bits per heavy atom. The van der Waals surface area contributed by atoms with Crippen LogP contribution in [0.15, 0.2) is 24.3 Å². The summed E-state index contributed by atoms with van der Waals surface area (Å²) in [4.78, 5) is 24.7. The topological polar surface area (TPSA) is 95.9 Å². The quantitative estimate of drug-likeness (QED) is 0.0320. The lowest BCUT2D eigenvalue weighted by Crippen LogP contribution is -2.45. The molecular weight excluding hydrogens is 1140 g/mol. The Hall–Kier alpha value is -1.66. The lowest BCUT2D eigenvalue weighted by atomic mass is 10.0. The third kappa shape index (κ3) is 79.2. The van der Waals surface area contributed by atoms with Crippen LogP contribution in [0.25, 0.3) is 0 Å². The Labute approximate surface area is 583 Å². The number of nitrogens with one attached hydrogen (secondary N) is 1. The summed E-state index contributed by atoms with van der Waals surface area (Å²) in [6.07, 6.45) is 108. The van der Waals surface area contributed by atoms with Crippen molar-refractivity contribution < 1.29 is 24.5 Å². The molecule has 0 bridgehead atoms. The molecule has 0 heterocycles. The van der Waals surface area contributed by atoms with Gasteiger partial charge in [0, 0.05) is 12.8 Å². The molecular formula is C87H169NO5. The number of carbonyl (C=O) groups excluding carboxylic acids is 2. The van der Waals surface area contributed by atoms with Crippen molar-refractivity contribution in [3.8, 4) is 0 Å². The maximum absolute atomic E-state index is 12.6. The average Bonchev–Trinajstić information content (AvgIpc) is 3.72. The molecule has 0 saturated carbocycles. The van der Waals surface area contributed by atoms with Gasteiger partial charge in [-0.3, -0.25) is 9.59 Å². The van der Waals surface area contributed by atoms with E-state index in [-0.39, 0.29) is 18.5 Å². The standard InChI is InChI=1S/C87H169NO5/c1-3-5-7-9-11-13-15-17-19-21-22-23-39-42-45-48-51-55-59-63-67-71-75-79-85(90)84(83-89)88-86(91)80-76-72-68-64-60-56-52-49-46-43-40-37-35-33-31-29-27-25-24-26-28-30-32-34-36-38-41-44-47-50-54-58-62-66-70-74-78-82-93-87(92)81-77-73-69-65-61-57-53-20-18-16-14-12-10-8-6-4-2/h24,26,75,79,84-85,89-90H,3-23,25,27-74,76-78,80-83H2,1-2H3,(H,88,91)/b26-24-,79-75+. The first-order valence-corrected chi connectivity index (χ1v) is 43.1. The Morgan fingerprint density at radius 2 is 0.505 bits per heavy atom. The van der Waals surface area contributed by atoms with E-state index in [1.54, 1.807) is 6.08 Å². The van der Waals surface area contributed by atoms with Gasteiger partial charge < -0.3 is 20.3 Å². The maximum Gasteiger partial charge on any atom is 0.305 e. The molecule has 0 aliphatic rings. The number of carbonyl (C=O) groups is 2. The summed E-state index contributed by atoms with van der Waals surface area (Å²) in [5, 5.41) is 23.3. The number of rotatable bonds is 82. The summed E-state index contributed by atoms with van der Waals surface area (Å²) in [7, 11) is 0. The first-order valence-electron chi connectivity index (χ1n) is 43.1. The normalized spacial score (nSPS) is 12.5. The number of aliphatic hydroxyl groups is 2. The molecule has 0 spiro atoms. The van der Waals surface area contributed by atoms with E-state index >= 15 is 0 Å². The number of aliphatic hydroxyl groups excluding tert-OH is 2. The monoisotopic (exact) mass is 1310 g/mol. The largest absolute Gasteiger partial charge is 0.466 e. The van der Waals surface area contributed by atoms with Crippen molar-refractivity contribution in [1.82, 2.24) is 5.32 Å². The molecule has 0 rings (SSSR count). The molecule has 0 saturated heterocycles. The van der Waals surface area contributed by atoms with E-state index in [9.17, 15) is 19.8 Å². The third-order valence-electron chi connectivity index (χ3n) is 20.5. The highest BCUT2D eigenvalue weighted by atomic mass is 16.5. The molecule has 0 aliphatic heterocycles. The second kappa shape index (κ2) is 82.8. The number of hydrogen-bond acceptors (Lipinski definition) is 5. The molecule has 0 aromatic heterocycles. The summed E-state index contributed by atoms with van der Waals surface area (Å²) in [6.45, 7) is 4.97. The van der Waals surface area contributed by atoms with Gasteiger partial charge in [0.25, 0.3) is 0 Å². The van der Waals surface area contributed by atoms with Crippen molar-refractivity contribution in [2.24, 2.45) is 0 Å². The van der Waals surface area contributed by atoms with E-state index < -0.39 is 12.1 Å². The molecule has 0 fully saturated rings. The van der Waals surface area contributed by atoms with Crippen molar-refractivity contribution in [2.75, 3.05) is 13.2 Å². The van der Waals surface area contributed by atoms with E-state index in [4.69, 9.17) is 4.74 Å². The predicted molar refractivity (Wildman–Crippen MR) is 412 cm³/mol. The second-order valence-electron chi connectivity index (χ2n) is 29.9. The van der Waals surface area contributed by atoms with Crippen molar-refractivity contribution >= 4 is 11.9 Å².